The van der Waals surface area contributed by atoms with Crippen LogP contribution in [0.3, 0.4) is 0 Å². The number of halogens is 1. The molecular formula is C11H21ClN2O2. The van der Waals surface area contributed by atoms with Gasteiger partial charge in [0.25, 0.3) is 0 Å². The number of amides is 1. The van der Waals surface area contributed by atoms with Crippen molar-refractivity contribution < 1.29 is 9.90 Å². The third-order valence-electron chi connectivity index (χ3n) is 3.53. The second kappa shape index (κ2) is 4.41. The van der Waals surface area contributed by atoms with Gasteiger partial charge < -0.3 is 10.4 Å². The molecule has 0 aromatic heterocycles. The minimum absolute atomic E-state index is 0. The molecule has 0 spiro atoms. The van der Waals surface area contributed by atoms with Gasteiger partial charge in [0.05, 0.1) is 6.04 Å². The molecule has 94 valence electrons. The summed E-state index contributed by atoms with van der Waals surface area (Å²) in [6, 6.07) is 1.09. The number of carboxylic acid groups (broad SMARTS) is 1. The predicted octanol–water partition coefficient (Wildman–Crippen LogP) is 2.08. The van der Waals surface area contributed by atoms with Gasteiger partial charge in [-0.1, -0.05) is 0 Å². The smallest absolute Gasteiger partial charge is 0.408 e. The molecule has 5 heteroatoms. The van der Waals surface area contributed by atoms with Crippen LogP contribution < -0.4 is 5.32 Å². The summed E-state index contributed by atoms with van der Waals surface area (Å²) in [5.74, 6) is 0. The van der Waals surface area contributed by atoms with Crippen LogP contribution in [0, 0.1) is 0 Å². The normalized spacial score (nSPS) is 32.3. The Morgan fingerprint density at radius 3 is 2.31 bits per heavy atom. The standard InChI is InChI=1S/C11H20N2O2.ClH/c1-11(2,3)13(10(14)15)9-6-7-4-5-8(9)12-7;/h7-9,12H,4-6H2,1-3H3,(H,14,15);1H/t7-,8+,9+;/m1./s1. The maximum atomic E-state index is 11.3. The van der Waals surface area contributed by atoms with Crippen molar-refractivity contribution >= 4 is 18.5 Å². The molecule has 2 aliphatic heterocycles. The Hall–Kier alpha value is -0.480. The van der Waals surface area contributed by atoms with Crippen molar-refractivity contribution in [2.75, 3.05) is 0 Å². The first-order valence-corrected chi connectivity index (χ1v) is 5.68. The van der Waals surface area contributed by atoms with E-state index in [1.54, 1.807) is 4.90 Å². The number of hydrogen-bond donors (Lipinski definition) is 2. The van der Waals surface area contributed by atoms with Crippen molar-refractivity contribution in [1.29, 1.82) is 0 Å². The van der Waals surface area contributed by atoms with Crippen LogP contribution in [-0.2, 0) is 0 Å². The molecule has 4 nitrogen and oxygen atoms in total. The van der Waals surface area contributed by atoms with Crippen molar-refractivity contribution in [3.63, 3.8) is 0 Å². The SMILES string of the molecule is CC(C)(C)N(C(=O)O)[C@H]1C[C@H]2CC[C@@H]1N2.Cl. The summed E-state index contributed by atoms with van der Waals surface area (Å²) >= 11 is 0. The van der Waals surface area contributed by atoms with E-state index < -0.39 is 6.09 Å². The summed E-state index contributed by atoms with van der Waals surface area (Å²) < 4.78 is 0. The maximum absolute atomic E-state index is 11.3. The van der Waals surface area contributed by atoms with E-state index in [0.717, 1.165) is 12.8 Å². The van der Waals surface area contributed by atoms with Gasteiger partial charge >= 0.3 is 6.09 Å². The second-order valence-electron chi connectivity index (χ2n) is 5.67. The third-order valence-corrected chi connectivity index (χ3v) is 3.53. The molecule has 0 unspecified atom stereocenters. The van der Waals surface area contributed by atoms with E-state index in [0.29, 0.717) is 12.1 Å². The fraction of sp³-hybridized carbons (Fsp3) is 0.909. The summed E-state index contributed by atoms with van der Waals surface area (Å²) in [5, 5.41) is 12.8. The average molecular weight is 249 g/mol. The number of fused-ring (bicyclic) bond motifs is 2. The van der Waals surface area contributed by atoms with Gasteiger partial charge in [-0.15, -0.1) is 12.4 Å². The zero-order valence-corrected chi connectivity index (χ0v) is 10.9. The second-order valence-corrected chi connectivity index (χ2v) is 5.67. The molecule has 2 N–H and O–H groups in total. The van der Waals surface area contributed by atoms with E-state index in [-0.39, 0.29) is 24.0 Å². The maximum Gasteiger partial charge on any atom is 0.408 e. The summed E-state index contributed by atoms with van der Waals surface area (Å²) in [4.78, 5) is 12.9. The van der Waals surface area contributed by atoms with Crippen molar-refractivity contribution in [3.05, 3.63) is 0 Å². The Morgan fingerprint density at radius 2 is 2.00 bits per heavy atom. The summed E-state index contributed by atoms with van der Waals surface area (Å²) in [6.45, 7) is 5.90. The third kappa shape index (κ3) is 2.28. The molecule has 0 aliphatic carbocycles. The zero-order valence-electron chi connectivity index (χ0n) is 10.1. The zero-order chi connectivity index (χ0) is 11.2. The van der Waals surface area contributed by atoms with Crippen LogP contribution in [0.5, 0.6) is 0 Å². The first kappa shape index (κ1) is 13.6. The van der Waals surface area contributed by atoms with Gasteiger partial charge in [-0.3, -0.25) is 4.90 Å². The van der Waals surface area contributed by atoms with Crippen LogP contribution in [0.25, 0.3) is 0 Å². The highest BCUT2D eigenvalue weighted by molar-refractivity contribution is 5.85. The fourth-order valence-electron chi connectivity index (χ4n) is 3.01. The topological polar surface area (TPSA) is 52.6 Å². The van der Waals surface area contributed by atoms with Gasteiger partial charge in [0.1, 0.15) is 0 Å². The molecule has 2 heterocycles. The van der Waals surface area contributed by atoms with E-state index in [1.807, 2.05) is 20.8 Å². The van der Waals surface area contributed by atoms with Gasteiger partial charge in [0, 0.05) is 17.6 Å². The van der Waals surface area contributed by atoms with E-state index in [2.05, 4.69) is 5.32 Å². The average Bonchev–Trinajstić information content (AvgIpc) is 2.60. The molecule has 2 rings (SSSR count). The number of rotatable bonds is 1. The first-order chi connectivity index (χ1) is 6.89. The van der Waals surface area contributed by atoms with Crippen LogP contribution in [0.2, 0.25) is 0 Å². The minimum Gasteiger partial charge on any atom is -0.465 e. The van der Waals surface area contributed by atoms with E-state index in [1.165, 1.54) is 6.42 Å². The highest BCUT2D eigenvalue weighted by Crippen LogP contribution is 2.34. The molecule has 0 radical (unpaired) electrons. The highest BCUT2D eigenvalue weighted by Gasteiger charge is 2.46. The highest BCUT2D eigenvalue weighted by atomic mass is 35.5. The fourth-order valence-corrected chi connectivity index (χ4v) is 3.01. The molecule has 2 fully saturated rings. The van der Waals surface area contributed by atoms with Crippen LogP contribution in [0.15, 0.2) is 0 Å². The van der Waals surface area contributed by atoms with Gasteiger partial charge in [0.15, 0.2) is 0 Å². The van der Waals surface area contributed by atoms with Crippen molar-refractivity contribution in [2.24, 2.45) is 0 Å². The lowest BCUT2D eigenvalue weighted by molar-refractivity contribution is 0.0616. The Morgan fingerprint density at radius 1 is 1.38 bits per heavy atom. The quantitative estimate of drug-likeness (QED) is 0.747. The van der Waals surface area contributed by atoms with Crippen LogP contribution in [0.1, 0.15) is 40.0 Å². The van der Waals surface area contributed by atoms with Gasteiger partial charge in [-0.05, 0) is 40.0 Å². The Bertz CT molecular complexity index is 278. The van der Waals surface area contributed by atoms with Crippen molar-refractivity contribution in [1.82, 2.24) is 10.2 Å². The summed E-state index contributed by atoms with van der Waals surface area (Å²) in [5.41, 5.74) is -0.303. The molecule has 2 bridgehead atoms. The molecule has 2 aliphatic rings. The molecule has 0 saturated carbocycles. The van der Waals surface area contributed by atoms with Gasteiger partial charge in [0.2, 0.25) is 0 Å². The van der Waals surface area contributed by atoms with E-state index in [9.17, 15) is 9.90 Å². The predicted molar refractivity (Wildman–Crippen MR) is 65.2 cm³/mol. The molecular weight excluding hydrogens is 228 g/mol. The van der Waals surface area contributed by atoms with Gasteiger partial charge in [-0.2, -0.15) is 0 Å². The van der Waals surface area contributed by atoms with Crippen LogP contribution in [0.4, 0.5) is 4.79 Å². The Labute approximate surface area is 103 Å². The van der Waals surface area contributed by atoms with Gasteiger partial charge in [-0.25, -0.2) is 4.79 Å². The Balaban J connectivity index is 0.00000128. The summed E-state index contributed by atoms with van der Waals surface area (Å²) in [6.07, 6.45) is 2.52. The first-order valence-electron chi connectivity index (χ1n) is 5.68. The molecule has 0 aromatic carbocycles. The lowest BCUT2D eigenvalue weighted by atomic mass is 9.91. The minimum atomic E-state index is -0.790. The molecule has 16 heavy (non-hydrogen) atoms. The number of carbonyl (C=O) groups is 1. The number of nitrogens with zero attached hydrogens (tertiary/aromatic N) is 1. The summed E-state index contributed by atoms with van der Waals surface area (Å²) in [7, 11) is 0. The molecule has 0 aromatic rings. The number of hydrogen-bond acceptors (Lipinski definition) is 2. The molecule has 1 amide bonds. The van der Waals surface area contributed by atoms with Crippen molar-refractivity contribution in [2.45, 2.75) is 63.7 Å². The monoisotopic (exact) mass is 248 g/mol. The number of nitrogens with one attached hydrogen (secondary N) is 1. The largest absolute Gasteiger partial charge is 0.465 e. The van der Waals surface area contributed by atoms with Crippen molar-refractivity contribution in [3.8, 4) is 0 Å². The van der Waals surface area contributed by atoms with Crippen LogP contribution in [-0.4, -0.2) is 39.8 Å². The van der Waals surface area contributed by atoms with Crippen LogP contribution >= 0.6 is 12.4 Å². The van der Waals surface area contributed by atoms with E-state index >= 15 is 0 Å². The lowest BCUT2D eigenvalue weighted by Crippen LogP contribution is -2.55. The molecule has 3 atom stereocenters. The lowest BCUT2D eigenvalue weighted by Gasteiger charge is -2.41. The Kier molecular flexibility index (Phi) is 3.75. The van der Waals surface area contributed by atoms with E-state index in [4.69, 9.17) is 0 Å². The molecule has 2 saturated heterocycles.